The minimum atomic E-state index is -0.506. The molecule has 1 aromatic heterocycles. The number of aromatic nitrogens is 1. The summed E-state index contributed by atoms with van der Waals surface area (Å²) in [7, 11) is 0. The molecule has 2 rings (SSSR count). The second-order valence-electron chi connectivity index (χ2n) is 4.40. The van der Waals surface area contributed by atoms with Crippen molar-refractivity contribution in [3.63, 3.8) is 0 Å². The summed E-state index contributed by atoms with van der Waals surface area (Å²) in [6.07, 6.45) is 1.00. The van der Waals surface area contributed by atoms with Gasteiger partial charge in [0.05, 0.1) is 11.0 Å². The van der Waals surface area contributed by atoms with Gasteiger partial charge in [-0.15, -0.1) is 0 Å². The van der Waals surface area contributed by atoms with Crippen molar-refractivity contribution in [2.45, 2.75) is 19.6 Å². The monoisotopic (exact) mass is 273 g/mol. The molecule has 104 valence electrons. The maximum absolute atomic E-state index is 10.9. The van der Waals surface area contributed by atoms with Crippen molar-refractivity contribution in [2.75, 3.05) is 5.32 Å². The number of hydrogen-bond acceptors (Lipinski definition) is 5. The average Bonchev–Trinajstić information content (AvgIpc) is 2.45. The maximum atomic E-state index is 10.9. The van der Waals surface area contributed by atoms with Crippen LogP contribution in [-0.4, -0.2) is 15.0 Å². The number of hydrogen-bond donors (Lipinski definition) is 2. The molecule has 20 heavy (non-hydrogen) atoms. The predicted octanol–water partition coefficient (Wildman–Crippen LogP) is 2.66. The Kier molecular flexibility index (Phi) is 4.27. The summed E-state index contributed by atoms with van der Waals surface area (Å²) >= 11 is 0. The van der Waals surface area contributed by atoms with Crippen molar-refractivity contribution in [3.05, 3.63) is 63.8 Å². The van der Waals surface area contributed by atoms with E-state index in [2.05, 4.69) is 10.3 Å². The van der Waals surface area contributed by atoms with Crippen LogP contribution in [0.15, 0.2) is 42.6 Å². The number of nitro groups is 1. The Hall–Kier alpha value is -2.47. The number of anilines is 1. The number of benzene rings is 1. The maximum Gasteiger partial charge on any atom is 0.311 e. The Labute approximate surface area is 116 Å². The van der Waals surface area contributed by atoms with Gasteiger partial charge in [-0.2, -0.15) is 0 Å². The van der Waals surface area contributed by atoms with Crippen LogP contribution in [0.5, 0.6) is 0 Å². The Morgan fingerprint density at radius 2 is 2.05 bits per heavy atom. The van der Waals surface area contributed by atoms with Crippen LogP contribution in [-0.2, 0) is 6.54 Å². The minimum absolute atomic E-state index is 0.0481. The van der Waals surface area contributed by atoms with E-state index in [0.717, 1.165) is 11.1 Å². The second kappa shape index (κ2) is 6.12. The van der Waals surface area contributed by atoms with Crippen molar-refractivity contribution in [3.8, 4) is 0 Å². The van der Waals surface area contributed by atoms with Crippen molar-refractivity contribution in [2.24, 2.45) is 0 Å². The Balaban J connectivity index is 2.07. The summed E-state index contributed by atoms with van der Waals surface area (Å²) in [6.45, 7) is 2.13. The zero-order chi connectivity index (χ0) is 14.5. The highest BCUT2D eigenvalue weighted by molar-refractivity contribution is 5.55. The third-order valence-electron chi connectivity index (χ3n) is 2.91. The molecule has 0 unspecified atom stereocenters. The number of pyridine rings is 1. The first-order chi connectivity index (χ1) is 9.58. The molecule has 0 aliphatic heterocycles. The number of rotatable bonds is 5. The van der Waals surface area contributed by atoms with Gasteiger partial charge in [-0.1, -0.05) is 24.3 Å². The van der Waals surface area contributed by atoms with Crippen LogP contribution in [0, 0.1) is 10.1 Å². The van der Waals surface area contributed by atoms with Crippen LogP contribution in [0.1, 0.15) is 24.2 Å². The molecular weight excluding hydrogens is 258 g/mol. The number of nitrogens with zero attached hydrogens (tertiary/aromatic N) is 2. The van der Waals surface area contributed by atoms with Crippen molar-refractivity contribution in [1.29, 1.82) is 0 Å². The molecule has 0 amide bonds. The van der Waals surface area contributed by atoms with Gasteiger partial charge in [-0.25, -0.2) is 4.98 Å². The molecule has 1 heterocycles. The molecule has 1 atom stereocenters. The summed E-state index contributed by atoms with van der Waals surface area (Å²) in [6, 6.07) is 10.3. The molecule has 6 nitrogen and oxygen atoms in total. The summed E-state index contributed by atoms with van der Waals surface area (Å²) in [5.41, 5.74) is 1.74. The second-order valence-corrected chi connectivity index (χ2v) is 4.40. The lowest BCUT2D eigenvalue weighted by molar-refractivity contribution is -0.384. The lowest BCUT2D eigenvalue weighted by atomic mass is 10.1. The van der Waals surface area contributed by atoms with Gasteiger partial charge >= 0.3 is 5.69 Å². The number of aliphatic hydroxyl groups excluding tert-OH is 1. The molecule has 0 fully saturated rings. The van der Waals surface area contributed by atoms with Crippen molar-refractivity contribution in [1.82, 2.24) is 4.98 Å². The third kappa shape index (κ3) is 3.30. The Bertz CT molecular complexity index is 597. The highest BCUT2D eigenvalue weighted by atomic mass is 16.6. The Morgan fingerprint density at radius 1 is 1.35 bits per heavy atom. The van der Waals surface area contributed by atoms with Crippen LogP contribution in [0.3, 0.4) is 0 Å². The molecule has 0 saturated carbocycles. The first-order valence-corrected chi connectivity index (χ1v) is 6.18. The average molecular weight is 273 g/mol. The zero-order valence-corrected chi connectivity index (χ0v) is 11.0. The predicted molar refractivity (Wildman–Crippen MR) is 75.3 cm³/mol. The van der Waals surface area contributed by atoms with Crippen LogP contribution < -0.4 is 5.32 Å². The van der Waals surface area contributed by atoms with E-state index in [1.54, 1.807) is 6.92 Å². The molecule has 6 heteroatoms. The molecule has 2 aromatic rings. The van der Waals surface area contributed by atoms with E-state index < -0.39 is 11.0 Å². The molecule has 0 aliphatic carbocycles. The quantitative estimate of drug-likeness (QED) is 0.645. The van der Waals surface area contributed by atoms with Gasteiger partial charge in [-0.3, -0.25) is 10.1 Å². The molecule has 0 saturated heterocycles. The molecule has 1 aromatic carbocycles. The molecule has 0 spiro atoms. The fourth-order valence-electron chi connectivity index (χ4n) is 1.78. The van der Waals surface area contributed by atoms with Crippen molar-refractivity contribution < 1.29 is 10.0 Å². The third-order valence-corrected chi connectivity index (χ3v) is 2.91. The normalized spacial score (nSPS) is 11.9. The fraction of sp³-hybridized carbons (Fsp3) is 0.214. The SMILES string of the molecule is C[C@@H](O)c1ccc(CNc2ncccc2[N+](=O)[O-])cc1. The first kappa shape index (κ1) is 14.0. The number of nitrogens with one attached hydrogen (secondary N) is 1. The lowest BCUT2D eigenvalue weighted by Gasteiger charge is -2.08. The van der Waals surface area contributed by atoms with E-state index >= 15 is 0 Å². The minimum Gasteiger partial charge on any atom is -0.389 e. The van der Waals surface area contributed by atoms with Crippen LogP contribution >= 0.6 is 0 Å². The fourth-order valence-corrected chi connectivity index (χ4v) is 1.78. The number of aliphatic hydroxyl groups is 1. The molecule has 0 bridgehead atoms. The van der Waals surface area contributed by atoms with E-state index in [0.29, 0.717) is 6.54 Å². The van der Waals surface area contributed by atoms with Gasteiger partial charge in [0.25, 0.3) is 0 Å². The highest BCUT2D eigenvalue weighted by Crippen LogP contribution is 2.21. The van der Waals surface area contributed by atoms with Gasteiger partial charge in [0.2, 0.25) is 5.82 Å². The van der Waals surface area contributed by atoms with Crippen LogP contribution in [0.4, 0.5) is 11.5 Å². The first-order valence-electron chi connectivity index (χ1n) is 6.18. The van der Waals surface area contributed by atoms with Crippen LogP contribution in [0.2, 0.25) is 0 Å². The van der Waals surface area contributed by atoms with Gasteiger partial charge in [-0.05, 0) is 24.1 Å². The van der Waals surface area contributed by atoms with E-state index in [4.69, 9.17) is 0 Å². The summed E-state index contributed by atoms with van der Waals surface area (Å²) in [5, 5.41) is 23.2. The summed E-state index contributed by atoms with van der Waals surface area (Å²) in [5.74, 6) is 0.247. The van der Waals surface area contributed by atoms with Gasteiger partial charge in [0.1, 0.15) is 0 Å². The summed E-state index contributed by atoms with van der Waals surface area (Å²) < 4.78 is 0. The zero-order valence-electron chi connectivity index (χ0n) is 11.0. The lowest BCUT2D eigenvalue weighted by Crippen LogP contribution is -2.04. The van der Waals surface area contributed by atoms with E-state index in [1.165, 1.54) is 18.3 Å². The smallest absolute Gasteiger partial charge is 0.311 e. The van der Waals surface area contributed by atoms with E-state index in [-0.39, 0.29) is 11.5 Å². The molecular formula is C14H15N3O3. The van der Waals surface area contributed by atoms with Crippen molar-refractivity contribution >= 4 is 11.5 Å². The highest BCUT2D eigenvalue weighted by Gasteiger charge is 2.13. The van der Waals surface area contributed by atoms with E-state index in [1.807, 2.05) is 24.3 Å². The molecule has 0 aliphatic rings. The van der Waals surface area contributed by atoms with Crippen LogP contribution in [0.25, 0.3) is 0 Å². The molecule has 2 N–H and O–H groups in total. The topological polar surface area (TPSA) is 88.3 Å². The van der Waals surface area contributed by atoms with Gasteiger partial charge in [0, 0.05) is 18.8 Å². The largest absolute Gasteiger partial charge is 0.389 e. The standard InChI is InChI=1S/C14H15N3O3/c1-10(18)12-6-4-11(5-7-12)9-16-14-13(17(19)20)3-2-8-15-14/h2-8,10,18H,9H2,1H3,(H,15,16)/t10-/m1/s1. The van der Waals surface area contributed by atoms with Gasteiger partial charge < -0.3 is 10.4 Å². The van der Waals surface area contributed by atoms with E-state index in [9.17, 15) is 15.2 Å². The summed E-state index contributed by atoms with van der Waals surface area (Å²) in [4.78, 5) is 14.4. The van der Waals surface area contributed by atoms with Gasteiger partial charge in [0.15, 0.2) is 0 Å². The Morgan fingerprint density at radius 3 is 2.65 bits per heavy atom. The molecule has 0 radical (unpaired) electrons.